The van der Waals surface area contributed by atoms with Crippen molar-refractivity contribution in [2.45, 2.75) is 24.8 Å². The molecule has 1 aromatic heterocycles. The van der Waals surface area contributed by atoms with Crippen LogP contribution in [0, 0.1) is 6.92 Å². The van der Waals surface area contributed by atoms with Crippen LogP contribution in [0.5, 0.6) is 0 Å². The highest BCUT2D eigenvalue weighted by Gasteiger charge is 2.21. The summed E-state index contributed by atoms with van der Waals surface area (Å²) < 4.78 is 27.2. The number of carbonyl (C=O) groups is 1. The lowest BCUT2D eigenvalue weighted by molar-refractivity contribution is 0.0696. The molecule has 1 heterocycles. The Morgan fingerprint density at radius 1 is 1.33 bits per heavy atom. The van der Waals surface area contributed by atoms with Gasteiger partial charge in [0.15, 0.2) is 0 Å². The van der Waals surface area contributed by atoms with Crippen LogP contribution in [-0.2, 0) is 10.0 Å². The molecule has 21 heavy (non-hydrogen) atoms. The molecule has 0 aliphatic heterocycles. The Morgan fingerprint density at radius 2 is 2.05 bits per heavy atom. The highest BCUT2D eigenvalue weighted by atomic mass is 32.2. The van der Waals surface area contributed by atoms with E-state index in [9.17, 15) is 13.2 Å². The van der Waals surface area contributed by atoms with Crippen molar-refractivity contribution in [2.24, 2.45) is 0 Å². The van der Waals surface area contributed by atoms with Crippen LogP contribution in [-0.4, -0.2) is 19.5 Å². The molecule has 1 atom stereocenters. The summed E-state index contributed by atoms with van der Waals surface area (Å²) >= 11 is 1.46. The smallest absolute Gasteiger partial charge is 0.335 e. The number of hydrogen-bond acceptors (Lipinski definition) is 4. The van der Waals surface area contributed by atoms with Crippen LogP contribution >= 0.6 is 11.3 Å². The minimum Gasteiger partial charge on any atom is -0.478 e. The minimum absolute atomic E-state index is 0.0124. The van der Waals surface area contributed by atoms with Crippen molar-refractivity contribution in [1.29, 1.82) is 0 Å². The zero-order chi connectivity index (χ0) is 15.6. The molecule has 5 nitrogen and oxygen atoms in total. The van der Waals surface area contributed by atoms with Crippen LogP contribution in [0.3, 0.4) is 0 Å². The second-order valence-corrected chi connectivity index (χ2v) is 7.33. The monoisotopic (exact) mass is 325 g/mol. The fourth-order valence-electron chi connectivity index (χ4n) is 1.90. The molecule has 1 unspecified atom stereocenters. The number of thiophene rings is 1. The number of benzene rings is 1. The number of carboxylic acid groups (broad SMARTS) is 1. The predicted octanol–water partition coefficient (Wildman–Crippen LogP) is 2.79. The first-order chi connectivity index (χ1) is 9.81. The molecule has 0 radical (unpaired) electrons. The first kappa shape index (κ1) is 15.7. The van der Waals surface area contributed by atoms with Crippen LogP contribution in [0.25, 0.3) is 0 Å². The molecule has 2 aromatic rings. The van der Waals surface area contributed by atoms with Crippen LogP contribution in [0.1, 0.15) is 33.8 Å². The maximum Gasteiger partial charge on any atom is 0.335 e. The lowest BCUT2D eigenvalue weighted by Gasteiger charge is -2.13. The normalized spacial score (nSPS) is 13.0. The summed E-state index contributed by atoms with van der Waals surface area (Å²) in [5.74, 6) is -1.14. The number of hydrogen-bond donors (Lipinski definition) is 2. The van der Waals surface area contributed by atoms with Gasteiger partial charge in [0.25, 0.3) is 0 Å². The molecule has 112 valence electrons. The number of aryl methyl sites for hydroxylation is 1. The topological polar surface area (TPSA) is 83.5 Å². The molecule has 0 saturated heterocycles. The molecule has 7 heteroatoms. The third-order valence-corrected chi connectivity index (χ3v) is 5.65. The molecule has 0 amide bonds. The van der Waals surface area contributed by atoms with E-state index >= 15 is 0 Å². The van der Waals surface area contributed by atoms with Crippen molar-refractivity contribution in [3.8, 4) is 0 Å². The average molecular weight is 325 g/mol. The molecule has 0 saturated carbocycles. The summed E-state index contributed by atoms with van der Waals surface area (Å²) in [5, 5.41) is 10.9. The summed E-state index contributed by atoms with van der Waals surface area (Å²) in [4.78, 5) is 11.9. The second kappa shape index (κ2) is 5.97. The van der Waals surface area contributed by atoms with Gasteiger partial charge < -0.3 is 5.11 Å². The number of aromatic carboxylic acids is 1. The minimum atomic E-state index is -3.77. The quantitative estimate of drug-likeness (QED) is 0.885. The Balaban J connectivity index is 2.32. The van der Waals surface area contributed by atoms with Crippen molar-refractivity contribution in [1.82, 2.24) is 4.72 Å². The third kappa shape index (κ3) is 3.49. The van der Waals surface area contributed by atoms with Gasteiger partial charge in [-0.3, -0.25) is 0 Å². The summed E-state index contributed by atoms with van der Waals surface area (Å²) in [6.07, 6.45) is 0. The first-order valence-corrected chi connectivity index (χ1v) is 8.57. The summed E-state index contributed by atoms with van der Waals surface area (Å²) in [6, 6.07) is 7.40. The lowest BCUT2D eigenvalue weighted by Crippen LogP contribution is -2.26. The Kier molecular flexibility index (Phi) is 4.46. The van der Waals surface area contributed by atoms with Gasteiger partial charge in [0.1, 0.15) is 0 Å². The largest absolute Gasteiger partial charge is 0.478 e. The van der Waals surface area contributed by atoms with E-state index in [1.807, 2.05) is 17.5 Å². The first-order valence-electron chi connectivity index (χ1n) is 6.21. The van der Waals surface area contributed by atoms with Gasteiger partial charge in [0.05, 0.1) is 16.5 Å². The number of sulfonamides is 1. The second-order valence-electron chi connectivity index (χ2n) is 4.64. The molecular weight excluding hydrogens is 310 g/mol. The van der Waals surface area contributed by atoms with E-state index in [1.54, 1.807) is 13.8 Å². The summed E-state index contributed by atoms with van der Waals surface area (Å²) in [7, 11) is -3.77. The van der Waals surface area contributed by atoms with E-state index in [0.717, 1.165) is 4.88 Å². The van der Waals surface area contributed by atoms with E-state index in [2.05, 4.69) is 4.72 Å². The molecule has 0 spiro atoms. The molecular formula is C14H15NO4S2. The fraction of sp³-hybridized carbons (Fsp3) is 0.214. The van der Waals surface area contributed by atoms with Crippen molar-refractivity contribution < 1.29 is 18.3 Å². The van der Waals surface area contributed by atoms with Gasteiger partial charge in [-0.15, -0.1) is 11.3 Å². The van der Waals surface area contributed by atoms with E-state index < -0.39 is 16.0 Å². The van der Waals surface area contributed by atoms with Crippen LogP contribution in [0.2, 0.25) is 0 Å². The highest BCUT2D eigenvalue weighted by Crippen LogP contribution is 2.22. The van der Waals surface area contributed by atoms with E-state index in [0.29, 0.717) is 5.56 Å². The Morgan fingerprint density at radius 3 is 2.62 bits per heavy atom. The van der Waals surface area contributed by atoms with Crippen molar-refractivity contribution >= 4 is 27.3 Å². The van der Waals surface area contributed by atoms with E-state index in [-0.39, 0.29) is 16.5 Å². The number of rotatable bonds is 5. The van der Waals surface area contributed by atoms with Crippen molar-refractivity contribution in [3.63, 3.8) is 0 Å². The van der Waals surface area contributed by atoms with Gasteiger partial charge in [-0.1, -0.05) is 12.1 Å². The summed E-state index contributed by atoms with van der Waals surface area (Å²) in [5.41, 5.74) is 0.509. The molecule has 2 N–H and O–H groups in total. The fourth-order valence-corrected chi connectivity index (χ4v) is 3.95. The Hall–Kier alpha value is -1.70. The molecule has 0 aliphatic rings. The Bertz CT molecular complexity index is 751. The molecule has 0 fully saturated rings. The maximum atomic E-state index is 12.3. The summed E-state index contributed by atoms with van der Waals surface area (Å²) in [6.45, 7) is 3.37. The van der Waals surface area contributed by atoms with Gasteiger partial charge in [-0.05, 0) is 43.0 Å². The van der Waals surface area contributed by atoms with Gasteiger partial charge in [-0.25, -0.2) is 17.9 Å². The number of nitrogens with one attached hydrogen (secondary N) is 1. The van der Waals surface area contributed by atoms with E-state index in [1.165, 1.54) is 29.5 Å². The van der Waals surface area contributed by atoms with Crippen LogP contribution in [0.15, 0.2) is 40.6 Å². The van der Waals surface area contributed by atoms with Gasteiger partial charge in [-0.2, -0.15) is 0 Å². The highest BCUT2D eigenvalue weighted by molar-refractivity contribution is 7.89. The van der Waals surface area contributed by atoms with Crippen molar-refractivity contribution in [3.05, 3.63) is 51.7 Å². The van der Waals surface area contributed by atoms with Gasteiger partial charge >= 0.3 is 5.97 Å². The van der Waals surface area contributed by atoms with Gasteiger partial charge in [0, 0.05) is 4.88 Å². The third-order valence-electron chi connectivity index (χ3n) is 3.05. The number of carboxylic acids is 1. The average Bonchev–Trinajstić information content (AvgIpc) is 2.92. The van der Waals surface area contributed by atoms with E-state index in [4.69, 9.17) is 5.11 Å². The lowest BCUT2D eigenvalue weighted by atomic mass is 10.1. The standard InChI is InChI=1S/C14H15NO4S2/c1-9-5-6-11(8-12(9)14(16)17)21(18,19)15-10(2)13-4-3-7-20-13/h3-8,10,15H,1-2H3,(H,16,17). The zero-order valence-electron chi connectivity index (χ0n) is 11.5. The molecule has 2 rings (SSSR count). The maximum absolute atomic E-state index is 12.3. The van der Waals surface area contributed by atoms with Crippen LogP contribution in [0.4, 0.5) is 0 Å². The zero-order valence-corrected chi connectivity index (χ0v) is 13.2. The Labute approximate surface area is 127 Å². The molecule has 1 aromatic carbocycles. The predicted molar refractivity (Wildman–Crippen MR) is 81.2 cm³/mol. The van der Waals surface area contributed by atoms with Gasteiger partial charge in [0.2, 0.25) is 10.0 Å². The SMILES string of the molecule is Cc1ccc(S(=O)(=O)NC(C)c2cccs2)cc1C(=O)O. The molecule has 0 aliphatic carbocycles. The molecule has 0 bridgehead atoms. The van der Waals surface area contributed by atoms with Crippen LogP contribution < -0.4 is 4.72 Å². The van der Waals surface area contributed by atoms with Crippen molar-refractivity contribution in [2.75, 3.05) is 0 Å².